The molecule has 0 saturated heterocycles. The van der Waals surface area contributed by atoms with Gasteiger partial charge >= 0.3 is 0 Å². The molecule has 2 rings (SSSR count). The fraction of sp³-hybridized carbons (Fsp3) is 0.533. The molecule has 0 radical (unpaired) electrons. The molecule has 0 N–H and O–H groups in total. The van der Waals surface area contributed by atoms with Crippen LogP contribution in [0.2, 0.25) is 0 Å². The van der Waals surface area contributed by atoms with E-state index in [0.29, 0.717) is 24.9 Å². The van der Waals surface area contributed by atoms with E-state index in [1.807, 2.05) is 29.2 Å². The zero-order valence-electron chi connectivity index (χ0n) is 11.4. The maximum Gasteiger partial charge on any atom is 0.230 e. The van der Waals surface area contributed by atoms with Gasteiger partial charge in [-0.25, -0.2) is 0 Å². The molecule has 0 bridgehead atoms. The first-order valence-corrected chi connectivity index (χ1v) is 7.83. The molecule has 0 fully saturated rings. The van der Waals surface area contributed by atoms with Gasteiger partial charge in [-0.2, -0.15) is 0 Å². The third kappa shape index (κ3) is 3.30. The number of amides is 1. The fourth-order valence-corrected chi connectivity index (χ4v) is 3.14. The van der Waals surface area contributed by atoms with Crippen LogP contribution in [0.1, 0.15) is 20.3 Å². The summed E-state index contributed by atoms with van der Waals surface area (Å²) in [5, 5.41) is 0.900. The highest BCUT2D eigenvalue weighted by atomic mass is 79.9. The second-order valence-electron chi connectivity index (χ2n) is 5.23. The first kappa shape index (κ1) is 14.4. The lowest BCUT2D eigenvalue weighted by atomic mass is 9.97. The number of anilines is 1. The van der Waals surface area contributed by atoms with E-state index in [9.17, 15) is 4.79 Å². The van der Waals surface area contributed by atoms with Gasteiger partial charge in [0.15, 0.2) is 0 Å². The molecule has 1 aliphatic rings. The summed E-state index contributed by atoms with van der Waals surface area (Å²) in [5.74, 6) is 1.93. The summed E-state index contributed by atoms with van der Waals surface area (Å²) >= 11 is 3.55. The molecule has 4 heteroatoms. The number of nitrogens with zero attached hydrogens (tertiary/aromatic N) is 1. The topological polar surface area (TPSA) is 29.5 Å². The lowest BCUT2D eigenvalue weighted by Gasteiger charge is -2.28. The van der Waals surface area contributed by atoms with Gasteiger partial charge in [0, 0.05) is 11.9 Å². The molecule has 3 nitrogen and oxygen atoms in total. The molecule has 0 spiro atoms. The molecule has 1 unspecified atom stereocenters. The Morgan fingerprint density at radius 3 is 2.79 bits per heavy atom. The normalized spacial score (nSPS) is 16.8. The Bertz CT molecular complexity index is 448. The molecule has 1 aromatic rings. The van der Waals surface area contributed by atoms with Crippen LogP contribution in [0.15, 0.2) is 24.3 Å². The molecule has 1 aromatic carbocycles. The van der Waals surface area contributed by atoms with Crippen LogP contribution in [0.25, 0.3) is 0 Å². The summed E-state index contributed by atoms with van der Waals surface area (Å²) in [6.45, 7) is 5.59. The molecular formula is C15H20BrNO2. The van der Waals surface area contributed by atoms with Crippen LogP contribution in [0.3, 0.4) is 0 Å². The maximum absolute atomic E-state index is 12.3. The van der Waals surface area contributed by atoms with Gasteiger partial charge in [-0.3, -0.25) is 4.79 Å². The minimum Gasteiger partial charge on any atom is -0.491 e. The maximum atomic E-state index is 12.3. The molecule has 1 atom stereocenters. The highest BCUT2D eigenvalue weighted by molar-refractivity contribution is 9.09. The Morgan fingerprint density at radius 1 is 1.37 bits per heavy atom. The molecular weight excluding hydrogens is 306 g/mol. The predicted molar refractivity (Wildman–Crippen MR) is 81.0 cm³/mol. The zero-order chi connectivity index (χ0) is 13.8. The van der Waals surface area contributed by atoms with Crippen LogP contribution >= 0.6 is 15.9 Å². The van der Waals surface area contributed by atoms with E-state index in [-0.39, 0.29) is 5.91 Å². The summed E-state index contributed by atoms with van der Waals surface area (Å²) in [5.41, 5.74) is 0.900. The van der Waals surface area contributed by atoms with Gasteiger partial charge in [0.25, 0.3) is 0 Å². The van der Waals surface area contributed by atoms with Crippen molar-refractivity contribution >= 4 is 27.5 Å². The van der Waals surface area contributed by atoms with Gasteiger partial charge in [-0.05, 0) is 24.0 Å². The molecule has 19 heavy (non-hydrogen) atoms. The highest BCUT2D eigenvalue weighted by Gasteiger charge is 2.26. The van der Waals surface area contributed by atoms with Crippen molar-refractivity contribution in [3.05, 3.63) is 24.3 Å². The van der Waals surface area contributed by atoms with Crippen LogP contribution in [-0.2, 0) is 4.79 Å². The van der Waals surface area contributed by atoms with E-state index < -0.39 is 0 Å². The van der Waals surface area contributed by atoms with E-state index in [1.165, 1.54) is 0 Å². The Labute approximate surface area is 123 Å². The molecule has 1 aliphatic heterocycles. The molecule has 1 heterocycles. The van der Waals surface area contributed by atoms with Crippen molar-refractivity contribution in [1.82, 2.24) is 0 Å². The summed E-state index contributed by atoms with van der Waals surface area (Å²) in [7, 11) is 0. The zero-order valence-corrected chi connectivity index (χ0v) is 13.0. The van der Waals surface area contributed by atoms with Crippen LogP contribution in [0.4, 0.5) is 5.69 Å². The van der Waals surface area contributed by atoms with Gasteiger partial charge in [0.2, 0.25) is 5.91 Å². The quantitative estimate of drug-likeness (QED) is 0.793. The van der Waals surface area contributed by atoms with E-state index in [1.54, 1.807) is 0 Å². The van der Waals surface area contributed by atoms with Crippen molar-refractivity contribution in [2.75, 3.05) is 23.4 Å². The van der Waals surface area contributed by atoms with E-state index in [0.717, 1.165) is 23.3 Å². The Kier molecular flexibility index (Phi) is 4.86. The van der Waals surface area contributed by atoms with E-state index in [2.05, 4.69) is 29.8 Å². The van der Waals surface area contributed by atoms with Crippen molar-refractivity contribution in [3.63, 3.8) is 0 Å². The van der Waals surface area contributed by atoms with Crippen LogP contribution < -0.4 is 9.64 Å². The summed E-state index contributed by atoms with van der Waals surface area (Å²) in [4.78, 5) is 14.2. The fourth-order valence-electron chi connectivity index (χ4n) is 2.19. The van der Waals surface area contributed by atoms with Gasteiger partial charge in [-0.15, -0.1) is 0 Å². The monoisotopic (exact) mass is 325 g/mol. The van der Waals surface area contributed by atoms with Crippen molar-refractivity contribution in [3.8, 4) is 5.75 Å². The number of fused-ring (bicyclic) bond motifs is 1. The van der Waals surface area contributed by atoms with Gasteiger partial charge in [0.05, 0.1) is 18.7 Å². The standard InChI is InChI=1S/C15H20BrNO2/c1-11(2)12(9-16)10-17-13-5-3-4-6-14(13)19-8-7-15(17)18/h3-6,11-12H,7-10H2,1-2H3. The number of benzene rings is 1. The number of halogens is 1. The Hall–Kier alpha value is -1.03. The number of hydrogen-bond acceptors (Lipinski definition) is 2. The molecule has 104 valence electrons. The number of carbonyl (C=O) groups is 1. The van der Waals surface area contributed by atoms with E-state index >= 15 is 0 Å². The Morgan fingerprint density at radius 2 is 2.11 bits per heavy atom. The highest BCUT2D eigenvalue weighted by Crippen LogP contribution is 2.32. The van der Waals surface area contributed by atoms with Gasteiger partial charge in [0.1, 0.15) is 5.75 Å². The van der Waals surface area contributed by atoms with Crippen LogP contribution in [0, 0.1) is 11.8 Å². The second kappa shape index (κ2) is 6.42. The van der Waals surface area contributed by atoms with Crippen molar-refractivity contribution in [1.29, 1.82) is 0 Å². The van der Waals surface area contributed by atoms with Gasteiger partial charge in [-0.1, -0.05) is 41.9 Å². The number of para-hydroxylation sites is 2. The molecule has 0 saturated carbocycles. The van der Waals surface area contributed by atoms with E-state index in [4.69, 9.17) is 4.74 Å². The summed E-state index contributed by atoms with van der Waals surface area (Å²) in [6.07, 6.45) is 0.446. The number of rotatable bonds is 4. The lowest BCUT2D eigenvalue weighted by Crippen LogP contribution is -2.37. The third-order valence-electron chi connectivity index (χ3n) is 3.59. The van der Waals surface area contributed by atoms with Crippen LogP contribution in [0.5, 0.6) is 5.75 Å². The third-order valence-corrected chi connectivity index (χ3v) is 4.42. The average Bonchev–Trinajstić information content (AvgIpc) is 2.55. The number of alkyl halides is 1. The number of ether oxygens (including phenoxy) is 1. The smallest absolute Gasteiger partial charge is 0.230 e. The molecule has 1 amide bonds. The number of carbonyl (C=O) groups excluding carboxylic acids is 1. The average molecular weight is 326 g/mol. The van der Waals surface area contributed by atoms with Gasteiger partial charge < -0.3 is 9.64 Å². The van der Waals surface area contributed by atoms with Crippen molar-refractivity contribution in [2.45, 2.75) is 20.3 Å². The number of hydrogen-bond donors (Lipinski definition) is 0. The Balaban J connectivity index is 2.28. The molecule has 0 aliphatic carbocycles. The molecule has 0 aromatic heterocycles. The van der Waals surface area contributed by atoms with Crippen molar-refractivity contribution in [2.24, 2.45) is 11.8 Å². The summed E-state index contributed by atoms with van der Waals surface area (Å²) < 4.78 is 5.65. The minimum absolute atomic E-state index is 0.150. The summed E-state index contributed by atoms with van der Waals surface area (Å²) in [6, 6.07) is 7.78. The SMILES string of the molecule is CC(C)C(CBr)CN1C(=O)CCOc2ccccc21. The second-order valence-corrected chi connectivity index (χ2v) is 5.88. The minimum atomic E-state index is 0.150. The first-order valence-electron chi connectivity index (χ1n) is 6.71. The van der Waals surface area contributed by atoms with Crippen molar-refractivity contribution < 1.29 is 9.53 Å². The first-order chi connectivity index (χ1) is 9.13. The lowest BCUT2D eigenvalue weighted by molar-refractivity contribution is -0.118. The van der Waals surface area contributed by atoms with Crippen LogP contribution in [-0.4, -0.2) is 24.4 Å². The predicted octanol–water partition coefficient (Wildman–Crippen LogP) is 3.47. The largest absolute Gasteiger partial charge is 0.491 e.